The number of carboxylic acid groups (broad SMARTS) is 1. The number of hydrogen-bond acceptors (Lipinski definition) is 7. The van der Waals surface area contributed by atoms with Gasteiger partial charge in [-0.1, -0.05) is 57.8 Å². The van der Waals surface area contributed by atoms with Crippen LogP contribution in [0.5, 0.6) is 0 Å². The maximum absolute atomic E-state index is 12.8. The summed E-state index contributed by atoms with van der Waals surface area (Å²) < 4.78 is 15.6. The van der Waals surface area contributed by atoms with E-state index in [2.05, 4.69) is 0 Å². The lowest BCUT2D eigenvalue weighted by molar-refractivity contribution is -0.147. The van der Waals surface area contributed by atoms with Gasteiger partial charge in [-0.25, -0.2) is 14.4 Å². The largest absolute Gasteiger partial charge is 0.481 e. The number of nitrogens with zero attached hydrogens (tertiary/aromatic N) is 1. The fourth-order valence-electron chi connectivity index (χ4n) is 3.47. The molecule has 9 heteroatoms. The summed E-state index contributed by atoms with van der Waals surface area (Å²) in [4.78, 5) is 49.5. The number of methoxy groups -OCH3 is 1. The first-order valence-electron chi connectivity index (χ1n) is 12.7. The molecule has 0 bridgehead atoms. The highest BCUT2D eigenvalue weighted by atomic mass is 16.6. The van der Waals surface area contributed by atoms with Crippen molar-refractivity contribution in [1.29, 1.82) is 0 Å². The Morgan fingerprint density at radius 1 is 0.686 bits per heavy atom. The third-order valence-electron chi connectivity index (χ3n) is 5.08. The standard InChI is InChI=1S/C26H47NO8/c1-25(2,3)34-23(31)27(24(32)35-26(4,5)6)20(22(30)33-7)18-16-14-12-10-8-9-11-13-15-17-19-21(28)29/h20H,8-19H2,1-7H3,(H,28,29)/t20-/m0/s1. The van der Waals surface area contributed by atoms with E-state index in [1.54, 1.807) is 41.5 Å². The molecule has 0 aliphatic rings. The smallest absolute Gasteiger partial charge is 0.420 e. The molecule has 1 atom stereocenters. The van der Waals surface area contributed by atoms with Crippen LogP contribution in [0.4, 0.5) is 9.59 Å². The van der Waals surface area contributed by atoms with Crippen LogP contribution in [0, 0.1) is 0 Å². The number of amides is 2. The molecule has 0 rings (SSSR count). The molecule has 1 N–H and O–H groups in total. The summed E-state index contributed by atoms with van der Waals surface area (Å²) in [6.45, 7) is 10.1. The van der Waals surface area contributed by atoms with E-state index < -0.39 is 41.4 Å². The van der Waals surface area contributed by atoms with E-state index in [1.807, 2.05) is 0 Å². The molecule has 0 saturated carbocycles. The number of carboxylic acids is 1. The van der Waals surface area contributed by atoms with Gasteiger partial charge in [0, 0.05) is 6.42 Å². The Morgan fingerprint density at radius 3 is 1.40 bits per heavy atom. The van der Waals surface area contributed by atoms with Gasteiger partial charge >= 0.3 is 24.1 Å². The number of carbonyl (C=O) groups excluding carboxylic acids is 3. The number of imide groups is 1. The van der Waals surface area contributed by atoms with Crippen LogP contribution in [0.25, 0.3) is 0 Å². The summed E-state index contributed by atoms with van der Waals surface area (Å²) in [5.41, 5.74) is -1.71. The maximum Gasteiger partial charge on any atom is 0.420 e. The molecule has 0 aliphatic heterocycles. The van der Waals surface area contributed by atoms with Crippen molar-refractivity contribution in [2.45, 2.75) is 136 Å². The summed E-state index contributed by atoms with van der Waals surface area (Å²) in [5.74, 6) is -1.43. The highest BCUT2D eigenvalue weighted by molar-refractivity contribution is 5.94. The van der Waals surface area contributed by atoms with E-state index in [0.29, 0.717) is 6.42 Å². The molecule has 0 radical (unpaired) electrons. The molecule has 0 aromatic heterocycles. The molecule has 0 spiro atoms. The molecule has 0 saturated heterocycles. The molecular formula is C26H47NO8. The van der Waals surface area contributed by atoms with Crippen LogP contribution >= 0.6 is 0 Å². The Morgan fingerprint density at radius 2 is 1.06 bits per heavy atom. The molecule has 9 nitrogen and oxygen atoms in total. The zero-order valence-electron chi connectivity index (χ0n) is 22.8. The summed E-state index contributed by atoms with van der Waals surface area (Å²) in [5, 5.41) is 8.64. The Balaban J connectivity index is 4.76. The summed E-state index contributed by atoms with van der Waals surface area (Å²) in [7, 11) is 1.22. The minimum absolute atomic E-state index is 0.242. The second kappa shape index (κ2) is 16.4. The van der Waals surface area contributed by atoms with Crippen LogP contribution in [0.3, 0.4) is 0 Å². The van der Waals surface area contributed by atoms with Crippen LogP contribution in [0.2, 0.25) is 0 Å². The molecule has 35 heavy (non-hydrogen) atoms. The fraction of sp³-hybridized carbons (Fsp3) is 0.846. The number of carbonyl (C=O) groups is 4. The Hall–Kier alpha value is -2.32. The third-order valence-corrected chi connectivity index (χ3v) is 5.08. The van der Waals surface area contributed by atoms with Crippen molar-refractivity contribution < 1.29 is 38.5 Å². The minimum Gasteiger partial charge on any atom is -0.481 e. The van der Waals surface area contributed by atoms with Crippen LogP contribution in [-0.4, -0.2) is 58.5 Å². The third kappa shape index (κ3) is 16.9. The summed E-state index contributed by atoms with van der Waals surface area (Å²) in [6.07, 6.45) is 8.20. The molecule has 0 aliphatic carbocycles. The normalized spacial score (nSPS) is 12.5. The van der Waals surface area contributed by atoms with E-state index in [4.69, 9.17) is 19.3 Å². The minimum atomic E-state index is -1.13. The lowest BCUT2D eigenvalue weighted by Gasteiger charge is -2.32. The Bertz CT molecular complexity index is 635. The first-order valence-corrected chi connectivity index (χ1v) is 12.7. The molecule has 0 fully saturated rings. The van der Waals surface area contributed by atoms with Crippen LogP contribution in [0.15, 0.2) is 0 Å². The van der Waals surface area contributed by atoms with E-state index in [0.717, 1.165) is 62.7 Å². The van der Waals surface area contributed by atoms with Crippen molar-refractivity contribution in [3.05, 3.63) is 0 Å². The zero-order valence-corrected chi connectivity index (χ0v) is 22.8. The second-order valence-electron chi connectivity index (χ2n) is 10.8. The van der Waals surface area contributed by atoms with Gasteiger partial charge in [0.15, 0.2) is 0 Å². The van der Waals surface area contributed by atoms with Crippen molar-refractivity contribution in [2.75, 3.05) is 7.11 Å². The van der Waals surface area contributed by atoms with Gasteiger partial charge in [-0.2, -0.15) is 4.90 Å². The maximum atomic E-state index is 12.8. The van der Waals surface area contributed by atoms with E-state index in [1.165, 1.54) is 7.11 Å². The van der Waals surface area contributed by atoms with Gasteiger partial charge in [0.1, 0.15) is 17.2 Å². The highest BCUT2D eigenvalue weighted by Gasteiger charge is 2.40. The number of esters is 1. The highest BCUT2D eigenvalue weighted by Crippen LogP contribution is 2.21. The van der Waals surface area contributed by atoms with Gasteiger partial charge in [-0.15, -0.1) is 0 Å². The Kier molecular flexibility index (Phi) is 15.3. The van der Waals surface area contributed by atoms with Gasteiger partial charge in [0.2, 0.25) is 0 Å². The van der Waals surface area contributed by atoms with Crippen molar-refractivity contribution >= 4 is 24.1 Å². The molecule has 0 aromatic carbocycles. The number of unbranched alkanes of at least 4 members (excludes halogenated alkanes) is 9. The lowest BCUT2D eigenvalue weighted by Crippen LogP contribution is -2.52. The second-order valence-corrected chi connectivity index (χ2v) is 10.8. The molecule has 0 unspecified atom stereocenters. The van der Waals surface area contributed by atoms with Crippen LogP contribution in [-0.2, 0) is 23.8 Å². The Labute approximate surface area is 210 Å². The van der Waals surface area contributed by atoms with Gasteiger partial charge in [-0.3, -0.25) is 4.79 Å². The predicted molar refractivity (Wildman–Crippen MR) is 133 cm³/mol. The van der Waals surface area contributed by atoms with Crippen LogP contribution in [0.1, 0.15) is 119 Å². The van der Waals surface area contributed by atoms with E-state index in [-0.39, 0.29) is 12.8 Å². The van der Waals surface area contributed by atoms with Crippen molar-refractivity contribution in [2.24, 2.45) is 0 Å². The first kappa shape index (κ1) is 32.7. The number of rotatable bonds is 15. The number of hydrogen-bond donors (Lipinski definition) is 1. The SMILES string of the molecule is COC(=O)[C@H](CCCCCCCCCCCCC(=O)O)N(C(=O)OC(C)(C)C)C(=O)OC(C)(C)C. The van der Waals surface area contributed by atoms with Gasteiger partial charge < -0.3 is 19.3 Å². The number of aliphatic carboxylic acids is 1. The van der Waals surface area contributed by atoms with Gasteiger partial charge in [0.25, 0.3) is 0 Å². The molecule has 0 heterocycles. The topological polar surface area (TPSA) is 119 Å². The van der Waals surface area contributed by atoms with Crippen molar-refractivity contribution in [1.82, 2.24) is 4.90 Å². The monoisotopic (exact) mass is 501 g/mol. The summed E-state index contributed by atoms with van der Waals surface area (Å²) >= 11 is 0. The zero-order chi connectivity index (χ0) is 27.1. The molecule has 0 aromatic rings. The fourth-order valence-corrected chi connectivity index (χ4v) is 3.47. The quantitative estimate of drug-likeness (QED) is 0.154. The average molecular weight is 502 g/mol. The first-order chi connectivity index (χ1) is 16.2. The van der Waals surface area contributed by atoms with E-state index in [9.17, 15) is 19.2 Å². The number of ether oxygens (including phenoxy) is 3. The van der Waals surface area contributed by atoms with Gasteiger partial charge in [-0.05, 0) is 54.4 Å². The molecule has 2 amide bonds. The summed E-state index contributed by atoms with van der Waals surface area (Å²) in [6, 6.07) is -1.13. The molecule has 204 valence electrons. The van der Waals surface area contributed by atoms with Crippen molar-refractivity contribution in [3.63, 3.8) is 0 Å². The predicted octanol–water partition coefficient (Wildman–Crippen LogP) is 6.47. The average Bonchev–Trinajstić information content (AvgIpc) is 2.70. The van der Waals surface area contributed by atoms with Crippen molar-refractivity contribution in [3.8, 4) is 0 Å². The van der Waals surface area contributed by atoms with Gasteiger partial charge in [0.05, 0.1) is 7.11 Å². The van der Waals surface area contributed by atoms with E-state index >= 15 is 0 Å². The molecular weight excluding hydrogens is 454 g/mol. The van der Waals surface area contributed by atoms with Crippen LogP contribution < -0.4 is 0 Å². The lowest BCUT2D eigenvalue weighted by atomic mass is 10.0.